The van der Waals surface area contributed by atoms with Crippen LogP contribution in [-0.4, -0.2) is 77.7 Å². The Labute approximate surface area is 187 Å². The number of benzene rings is 1. The average Bonchev–Trinajstić information content (AvgIpc) is 2.65. The monoisotopic (exact) mass is 526 g/mol. The third-order valence-corrected chi connectivity index (χ3v) is 5.17. The highest BCUT2D eigenvalue weighted by Gasteiger charge is 2.18. The highest BCUT2D eigenvalue weighted by molar-refractivity contribution is 14.0. The van der Waals surface area contributed by atoms with Crippen molar-refractivity contribution < 1.29 is 13.2 Å². The minimum absolute atomic E-state index is 0. The van der Waals surface area contributed by atoms with E-state index in [1.54, 1.807) is 7.05 Å². The summed E-state index contributed by atoms with van der Waals surface area (Å²) < 4.78 is 27.5. The van der Waals surface area contributed by atoms with Gasteiger partial charge in [0, 0.05) is 26.4 Å². The number of hydrogen-bond acceptors (Lipinski definition) is 5. The van der Waals surface area contributed by atoms with Crippen molar-refractivity contribution in [2.45, 2.75) is 19.9 Å². The largest absolute Gasteiger partial charge is 0.379 e. The third kappa shape index (κ3) is 11.2. The first-order valence-electron chi connectivity index (χ1n) is 9.40. The minimum Gasteiger partial charge on any atom is -0.379 e. The number of rotatable bonds is 12. The van der Waals surface area contributed by atoms with Crippen LogP contribution in [0, 0.1) is 0 Å². The maximum Gasteiger partial charge on any atom is 0.191 e. The number of likely N-dealkylation sites (N-methyl/N-ethyl adjacent to an activating group) is 1. The summed E-state index contributed by atoms with van der Waals surface area (Å²) in [6.07, 6.45) is 1.21. The zero-order chi connectivity index (χ0) is 20.1. The zero-order valence-electron chi connectivity index (χ0n) is 17.3. The van der Waals surface area contributed by atoms with Gasteiger partial charge >= 0.3 is 0 Å². The van der Waals surface area contributed by atoms with E-state index in [0.29, 0.717) is 19.1 Å². The topological polar surface area (TPSA) is 83.0 Å². The molecule has 0 aliphatic rings. The molecule has 0 aromatic heterocycles. The Hall–Kier alpha value is -0.910. The highest BCUT2D eigenvalue weighted by atomic mass is 127. The first kappa shape index (κ1) is 27.1. The summed E-state index contributed by atoms with van der Waals surface area (Å²) in [6, 6.07) is 10.7. The molecule has 0 aliphatic heterocycles. The van der Waals surface area contributed by atoms with E-state index in [0.717, 1.165) is 19.6 Å². The van der Waals surface area contributed by atoms with E-state index in [4.69, 9.17) is 4.74 Å². The van der Waals surface area contributed by atoms with Crippen LogP contribution >= 0.6 is 24.0 Å². The van der Waals surface area contributed by atoms with Gasteiger partial charge in [0.2, 0.25) is 0 Å². The number of ether oxygens (including phenoxy) is 1. The molecule has 0 fully saturated rings. The van der Waals surface area contributed by atoms with Crippen molar-refractivity contribution in [3.05, 3.63) is 35.9 Å². The summed E-state index contributed by atoms with van der Waals surface area (Å²) in [5, 5.41) is 6.57. The molecule has 0 aliphatic carbocycles. The zero-order valence-corrected chi connectivity index (χ0v) is 20.5. The number of guanidine groups is 1. The Morgan fingerprint density at radius 3 is 2.32 bits per heavy atom. The molecule has 1 aromatic carbocycles. The Kier molecular flexibility index (Phi) is 14.5. The van der Waals surface area contributed by atoms with Gasteiger partial charge < -0.3 is 15.4 Å². The maximum atomic E-state index is 11.1. The van der Waals surface area contributed by atoms with Crippen LogP contribution in [0.4, 0.5) is 0 Å². The van der Waals surface area contributed by atoms with E-state index in [9.17, 15) is 8.42 Å². The molecule has 1 atom stereocenters. The standard InChI is InChI=1S/C19H34N4O3S.HI/c1-5-23(6-2)18(17-10-8-7-9-11-17)16-22-19(20-3)21-12-13-26-14-15-27(4,24)25;/h7-11,18H,5-6,12-16H2,1-4H3,(H2,20,21,22);1H. The lowest BCUT2D eigenvalue weighted by atomic mass is 10.1. The smallest absolute Gasteiger partial charge is 0.191 e. The summed E-state index contributed by atoms with van der Waals surface area (Å²) in [7, 11) is -1.25. The second-order valence-corrected chi connectivity index (χ2v) is 8.53. The first-order chi connectivity index (χ1) is 12.9. The van der Waals surface area contributed by atoms with Gasteiger partial charge in [-0.15, -0.1) is 24.0 Å². The summed E-state index contributed by atoms with van der Waals surface area (Å²) in [4.78, 5) is 6.65. The Morgan fingerprint density at radius 1 is 1.14 bits per heavy atom. The fraction of sp³-hybridized carbons (Fsp3) is 0.632. The molecule has 2 N–H and O–H groups in total. The molecule has 0 heterocycles. The molecule has 0 saturated heterocycles. The van der Waals surface area contributed by atoms with Crippen LogP contribution < -0.4 is 10.6 Å². The molecule has 1 rings (SSSR count). The lowest BCUT2D eigenvalue weighted by molar-refractivity contribution is 0.154. The van der Waals surface area contributed by atoms with Crippen molar-refractivity contribution in [2.24, 2.45) is 4.99 Å². The number of nitrogens with zero attached hydrogens (tertiary/aromatic N) is 2. The van der Waals surface area contributed by atoms with Crippen LogP contribution in [0.3, 0.4) is 0 Å². The molecule has 1 unspecified atom stereocenters. The average molecular weight is 526 g/mol. The number of nitrogens with one attached hydrogen (secondary N) is 2. The van der Waals surface area contributed by atoms with Gasteiger partial charge in [-0.1, -0.05) is 44.2 Å². The number of sulfone groups is 1. The molecule has 0 bridgehead atoms. The van der Waals surface area contributed by atoms with Crippen LogP contribution in [0.15, 0.2) is 35.3 Å². The van der Waals surface area contributed by atoms with Crippen molar-refractivity contribution in [3.63, 3.8) is 0 Å². The van der Waals surface area contributed by atoms with Crippen LogP contribution in [0.2, 0.25) is 0 Å². The van der Waals surface area contributed by atoms with E-state index in [-0.39, 0.29) is 42.4 Å². The van der Waals surface area contributed by atoms with E-state index in [1.807, 2.05) is 6.07 Å². The molecule has 1 aromatic rings. The van der Waals surface area contributed by atoms with Gasteiger partial charge in [0.05, 0.1) is 25.0 Å². The fourth-order valence-corrected chi connectivity index (χ4v) is 3.19. The van der Waals surface area contributed by atoms with Gasteiger partial charge in [-0.3, -0.25) is 9.89 Å². The van der Waals surface area contributed by atoms with Crippen molar-refractivity contribution in [1.29, 1.82) is 0 Å². The molecule has 7 nitrogen and oxygen atoms in total. The molecule has 9 heteroatoms. The van der Waals surface area contributed by atoms with Crippen molar-refractivity contribution in [1.82, 2.24) is 15.5 Å². The molecule has 28 heavy (non-hydrogen) atoms. The van der Waals surface area contributed by atoms with Gasteiger partial charge in [0.25, 0.3) is 0 Å². The Bertz CT molecular complexity index is 652. The van der Waals surface area contributed by atoms with Crippen molar-refractivity contribution >= 4 is 39.8 Å². The van der Waals surface area contributed by atoms with Crippen molar-refractivity contribution in [2.75, 3.05) is 58.4 Å². The Morgan fingerprint density at radius 2 is 1.79 bits per heavy atom. The second kappa shape index (κ2) is 15.0. The number of halogens is 1. The predicted molar refractivity (Wildman–Crippen MR) is 127 cm³/mol. The van der Waals surface area contributed by atoms with Gasteiger partial charge in [0.1, 0.15) is 9.84 Å². The summed E-state index contributed by atoms with van der Waals surface area (Å²) in [5.41, 5.74) is 1.27. The van der Waals surface area contributed by atoms with Crippen LogP contribution in [-0.2, 0) is 14.6 Å². The highest BCUT2D eigenvalue weighted by Crippen LogP contribution is 2.19. The van der Waals surface area contributed by atoms with Crippen LogP contribution in [0.25, 0.3) is 0 Å². The minimum atomic E-state index is -2.98. The molecule has 0 spiro atoms. The predicted octanol–water partition coefficient (Wildman–Crippen LogP) is 1.91. The maximum absolute atomic E-state index is 11.1. The second-order valence-electron chi connectivity index (χ2n) is 6.27. The molecule has 0 saturated carbocycles. The normalized spacial score (nSPS) is 13.1. The van der Waals surface area contributed by atoms with E-state index < -0.39 is 9.84 Å². The third-order valence-electron chi connectivity index (χ3n) is 4.26. The van der Waals surface area contributed by atoms with Gasteiger partial charge in [0.15, 0.2) is 5.96 Å². The van der Waals surface area contributed by atoms with E-state index in [2.05, 4.69) is 58.6 Å². The molecule has 0 radical (unpaired) electrons. The number of aliphatic imine (C=N–C) groups is 1. The molecular formula is C19H35IN4O3S. The number of hydrogen-bond donors (Lipinski definition) is 2. The molecule has 0 amide bonds. The molecular weight excluding hydrogens is 491 g/mol. The lowest BCUT2D eigenvalue weighted by Crippen LogP contribution is -2.44. The SMILES string of the molecule is CCN(CC)C(CNC(=NC)NCCOCCS(C)(=O)=O)c1ccccc1.I. The van der Waals surface area contributed by atoms with E-state index in [1.165, 1.54) is 11.8 Å². The lowest BCUT2D eigenvalue weighted by Gasteiger charge is -2.30. The summed E-state index contributed by atoms with van der Waals surface area (Å²) in [6.45, 7) is 8.21. The summed E-state index contributed by atoms with van der Waals surface area (Å²) >= 11 is 0. The quantitative estimate of drug-likeness (QED) is 0.188. The fourth-order valence-electron chi connectivity index (χ4n) is 2.77. The van der Waals surface area contributed by atoms with Gasteiger partial charge in [-0.2, -0.15) is 0 Å². The first-order valence-corrected chi connectivity index (χ1v) is 11.5. The Balaban J connectivity index is 0.00000729. The van der Waals surface area contributed by atoms with Crippen LogP contribution in [0.5, 0.6) is 0 Å². The van der Waals surface area contributed by atoms with Crippen LogP contribution in [0.1, 0.15) is 25.5 Å². The van der Waals surface area contributed by atoms with Gasteiger partial charge in [-0.25, -0.2) is 8.42 Å². The van der Waals surface area contributed by atoms with Crippen molar-refractivity contribution in [3.8, 4) is 0 Å². The van der Waals surface area contributed by atoms with Gasteiger partial charge in [-0.05, 0) is 18.7 Å². The molecule has 162 valence electrons. The summed E-state index contributed by atoms with van der Waals surface area (Å²) in [5.74, 6) is 0.748. The van der Waals surface area contributed by atoms with E-state index >= 15 is 0 Å².